The van der Waals surface area contributed by atoms with Gasteiger partial charge in [-0.1, -0.05) is 90.1 Å². The maximum Gasteiger partial charge on any atom is 0.254 e. The molecule has 0 saturated heterocycles. The van der Waals surface area contributed by atoms with Crippen molar-refractivity contribution in [3.63, 3.8) is 0 Å². The normalized spacial score (nSPS) is 15.6. The second kappa shape index (κ2) is 17.3. The van der Waals surface area contributed by atoms with Crippen LogP contribution >= 0.6 is 0 Å². The number of H-pyrrole nitrogens is 2. The lowest BCUT2D eigenvalue weighted by Gasteiger charge is -2.34. The second-order valence-electron chi connectivity index (χ2n) is 15.9. The third-order valence-corrected chi connectivity index (χ3v) is 9.31. The smallest absolute Gasteiger partial charge is 0.254 e. The van der Waals surface area contributed by atoms with Crippen LogP contribution in [0.25, 0.3) is 33.6 Å². The van der Waals surface area contributed by atoms with Gasteiger partial charge in [0.1, 0.15) is 25.0 Å². The van der Waals surface area contributed by atoms with Crippen LogP contribution in [0.3, 0.4) is 0 Å². The maximum atomic E-state index is 13.1. The number of halogens is 2. The lowest BCUT2D eigenvalue weighted by Crippen LogP contribution is -2.52. The van der Waals surface area contributed by atoms with Gasteiger partial charge in [0, 0.05) is 0 Å². The third-order valence-electron chi connectivity index (χ3n) is 9.31. The lowest BCUT2D eigenvalue weighted by atomic mass is 9.85. The van der Waals surface area contributed by atoms with E-state index in [9.17, 15) is 28.6 Å². The standard InChI is InChI=1S/C40H54F2N6O6/c1-37(2,3)31(47-35(51)39(7,23-49)53-19-17-41)33-43-21-29(45-33)27-13-9-25(10-14-27)26-11-15-28(16-12-26)30-22-44-34(46-30)32(38(4,5)6)48-36(52)40(8,24-50)54-20-18-42/h9-16,21-22,31-32,49-50H,17-20,23-24H2,1-8H3,(H,43,45)(H,44,46)(H,47,51)(H,48,52)/t31-,32?,39+,40?/m1/s1. The Morgan fingerprint density at radius 2 is 0.944 bits per heavy atom. The minimum Gasteiger partial charge on any atom is -0.393 e. The van der Waals surface area contributed by atoms with Gasteiger partial charge in [-0.2, -0.15) is 0 Å². The van der Waals surface area contributed by atoms with Crippen LogP contribution in [0.2, 0.25) is 0 Å². The summed E-state index contributed by atoms with van der Waals surface area (Å²) < 4.78 is 36.2. The molecule has 12 nitrogen and oxygen atoms in total. The molecule has 0 bridgehead atoms. The first-order chi connectivity index (χ1) is 25.4. The average Bonchev–Trinajstić information content (AvgIpc) is 3.84. The van der Waals surface area contributed by atoms with Gasteiger partial charge in [-0.25, -0.2) is 18.7 Å². The van der Waals surface area contributed by atoms with Crippen molar-refractivity contribution in [1.29, 1.82) is 0 Å². The highest BCUT2D eigenvalue weighted by atomic mass is 19.1. The van der Waals surface area contributed by atoms with Gasteiger partial charge in [0.15, 0.2) is 11.2 Å². The van der Waals surface area contributed by atoms with Gasteiger partial charge in [-0.15, -0.1) is 0 Å². The van der Waals surface area contributed by atoms with Crippen molar-refractivity contribution >= 4 is 11.8 Å². The van der Waals surface area contributed by atoms with Crippen molar-refractivity contribution in [2.75, 3.05) is 39.8 Å². The molecule has 0 aliphatic heterocycles. The number of ether oxygens (including phenoxy) is 2. The van der Waals surface area contributed by atoms with E-state index in [1.165, 1.54) is 13.8 Å². The maximum absolute atomic E-state index is 13.1. The highest BCUT2D eigenvalue weighted by Crippen LogP contribution is 2.35. The van der Waals surface area contributed by atoms with Crippen molar-refractivity contribution in [2.24, 2.45) is 10.8 Å². The summed E-state index contributed by atoms with van der Waals surface area (Å²) in [6, 6.07) is 14.8. The van der Waals surface area contributed by atoms with Crippen LogP contribution < -0.4 is 10.6 Å². The molecule has 14 heteroatoms. The SMILES string of the molecule is CC(CO)(OCCF)C(=O)NC(c1ncc(-c2ccc(-c3ccc(-c4cnc([C@@H](NC(=O)[C@](C)(CO)OCCF)C(C)(C)C)[nH]4)cc3)cc2)[nH]1)C(C)(C)C. The Morgan fingerprint density at radius 1 is 0.630 bits per heavy atom. The molecular weight excluding hydrogens is 698 g/mol. The first-order valence-electron chi connectivity index (χ1n) is 17.9. The Morgan fingerprint density at radius 3 is 1.22 bits per heavy atom. The topological polar surface area (TPSA) is 174 Å². The predicted octanol–water partition coefficient (Wildman–Crippen LogP) is 6.01. The van der Waals surface area contributed by atoms with Crippen LogP contribution in [0.15, 0.2) is 60.9 Å². The predicted molar refractivity (Wildman–Crippen MR) is 203 cm³/mol. The molecule has 4 rings (SSSR count). The monoisotopic (exact) mass is 752 g/mol. The molecule has 2 aromatic heterocycles. The first-order valence-corrected chi connectivity index (χ1v) is 17.9. The van der Waals surface area contributed by atoms with Crippen LogP contribution in [0.4, 0.5) is 8.78 Å². The zero-order valence-corrected chi connectivity index (χ0v) is 32.3. The Hall–Kier alpha value is -4.50. The Labute approximate surface area is 315 Å². The fraction of sp³-hybridized carbons (Fsp3) is 0.500. The second-order valence-corrected chi connectivity index (χ2v) is 15.9. The molecule has 0 aliphatic carbocycles. The molecular formula is C40H54F2N6O6. The van der Waals surface area contributed by atoms with Crippen molar-refractivity contribution in [2.45, 2.75) is 78.7 Å². The number of aromatic amines is 2. The van der Waals surface area contributed by atoms with Crippen molar-refractivity contribution in [1.82, 2.24) is 30.6 Å². The van der Waals surface area contributed by atoms with E-state index in [1.807, 2.05) is 90.1 Å². The van der Waals surface area contributed by atoms with Gasteiger partial charge in [0.25, 0.3) is 11.8 Å². The molecule has 0 spiro atoms. The number of rotatable bonds is 17. The van der Waals surface area contributed by atoms with Crippen molar-refractivity contribution < 1.29 is 38.1 Å². The molecule has 0 aliphatic rings. The molecule has 2 unspecified atom stereocenters. The van der Waals surface area contributed by atoms with Gasteiger partial charge in [-0.05, 0) is 46.9 Å². The number of amides is 2. The number of aromatic nitrogens is 4. The number of alkyl halides is 2. The van der Waals surface area contributed by atoms with Crippen molar-refractivity contribution in [3.8, 4) is 33.6 Å². The van der Waals surface area contributed by atoms with E-state index < -0.39 is 72.5 Å². The van der Waals surface area contributed by atoms with Gasteiger partial charge >= 0.3 is 0 Å². The van der Waals surface area contributed by atoms with Crippen LogP contribution in [0, 0.1) is 10.8 Å². The highest BCUT2D eigenvalue weighted by Gasteiger charge is 2.40. The average molecular weight is 753 g/mol. The number of hydrogen-bond donors (Lipinski definition) is 6. The van der Waals surface area contributed by atoms with E-state index in [-0.39, 0.29) is 13.2 Å². The molecule has 2 amide bonds. The zero-order valence-electron chi connectivity index (χ0n) is 32.3. The number of carbonyl (C=O) groups excluding carboxylic acids is 2. The summed E-state index contributed by atoms with van der Waals surface area (Å²) in [5.74, 6) is -0.0783. The Bertz CT molecular complexity index is 1700. The highest BCUT2D eigenvalue weighted by molar-refractivity contribution is 5.86. The molecule has 54 heavy (non-hydrogen) atoms. The number of aliphatic hydroxyl groups excluding tert-OH is 2. The van der Waals surface area contributed by atoms with Crippen LogP contribution in [-0.2, 0) is 19.1 Å². The fourth-order valence-electron chi connectivity index (χ4n) is 5.80. The summed E-state index contributed by atoms with van der Waals surface area (Å²) in [6.07, 6.45) is 3.41. The zero-order chi connectivity index (χ0) is 39.9. The molecule has 0 radical (unpaired) electrons. The van der Waals surface area contributed by atoms with Gasteiger partial charge < -0.3 is 40.3 Å². The largest absolute Gasteiger partial charge is 0.393 e. The van der Waals surface area contributed by atoms with Crippen LogP contribution in [0.5, 0.6) is 0 Å². The van der Waals surface area contributed by atoms with E-state index >= 15 is 0 Å². The Balaban J connectivity index is 1.48. The number of hydrogen-bond acceptors (Lipinski definition) is 8. The minimum absolute atomic E-state index is 0.309. The van der Waals surface area contributed by atoms with E-state index in [0.717, 1.165) is 33.6 Å². The number of nitrogens with zero attached hydrogens (tertiary/aromatic N) is 2. The number of aliphatic hydroxyl groups is 2. The molecule has 4 atom stereocenters. The number of carbonyl (C=O) groups is 2. The molecule has 6 N–H and O–H groups in total. The summed E-state index contributed by atoms with van der Waals surface area (Å²) in [5.41, 5.74) is 1.12. The summed E-state index contributed by atoms with van der Waals surface area (Å²) in [5, 5.41) is 25.5. The lowest BCUT2D eigenvalue weighted by molar-refractivity contribution is -0.153. The van der Waals surface area contributed by atoms with Crippen molar-refractivity contribution in [3.05, 3.63) is 72.6 Å². The van der Waals surface area contributed by atoms with Gasteiger partial charge in [-0.3, -0.25) is 9.59 Å². The number of imidazole rings is 2. The number of nitrogens with one attached hydrogen (secondary N) is 4. The molecule has 294 valence electrons. The minimum atomic E-state index is -1.60. The summed E-state index contributed by atoms with van der Waals surface area (Å²) in [4.78, 5) is 42.1. The van der Waals surface area contributed by atoms with Crippen LogP contribution in [-0.4, -0.2) is 92.9 Å². The van der Waals surface area contributed by atoms with Gasteiger partial charge in [0.05, 0.1) is 62.3 Å². The summed E-state index contributed by atoms with van der Waals surface area (Å²) in [6.45, 7) is 11.2. The molecule has 2 heterocycles. The fourth-order valence-corrected chi connectivity index (χ4v) is 5.80. The summed E-state index contributed by atoms with van der Waals surface area (Å²) in [7, 11) is 0. The molecule has 0 fully saturated rings. The Kier molecular flexibility index (Phi) is 13.5. The van der Waals surface area contributed by atoms with Gasteiger partial charge in [0.2, 0.25) is 0 Å². The number of benzene rings is 2. The molecule has 2 aromatic carbocycles. The first kappa shape index (κ1) is 42.2. The van der Waals surface area contributed by atoms with E-state index in [2.05, 4.69) is 30.6 Å². The summed E-state index contributed by atoms with van der Waals surface area (Å²) >= 11 is 0. The molecule has 4 aromatic rings. The third kappa shape index (κ3) is 9.97. The van der Waals surface area contributed by atoms with E-state index in [0.29, 0.717) is 11.6 Å². The molecule has 0 saturated carbocycles. The quantitative estimate of drug-likeness (QED) is 0.0760. The van der Waals surface area contributed by atoms with Crippen LogP contribution in [0.1, 0.15) is 79.1 Å². The van der Waals surface area contributed by atoms with E-state index in [1.54, 1.807) is 12.4 Å². The van der Waals surface area contributed by atoms with E-state index in [4.69, 9.17) is 9.47 Å².